The Balaban J connectivity index is 2.35. The van der Waals surface area contributed by atoms with Crippen LogP contribution >= 0.6 is 0 Å². The van der Waals surface area contributed by atoms with Crippen LogP contribution in [0.5, 0.6) is 5.75 Å². The van der Waals surface area contributed by atoms with Crippen LogP contribution in [0.1, 0.15) is 17.3 Å². The Bertz CT molecular complexity index is 929. The normalized spacial score (nSPS) is 10.7. The van der Waals surface area contributed by atoms with Crippen molar-refractivity contribution in [2.45, 2.75) is 6.92 Å². The van der Waals surface area contributed by atoms with Gasteiger partial charge in [0, 0.05) is 0 Å². The molecule has 1 aromatic heterocycles. The zero-order valence-electron chi connectivity index (χ0n) is 12.5. The SMILES string of the molecule is CCOC(=O)c1cccc2[nH]c(=O)c(-c3ccccc3)c(O)c12. The van der Waals surface area contributed by atoms with E-state index in [2.05, 4.69) is 4.98 Å². The fraction of sp³-hybridized carbons (Fsp3) is 0.111. The molecule has 2 aromatic carbocycles. The fourth-order valence-electron chi connectivity index (χ4n) is 2.58. The molecule has 2 N–H and O–H groups in total. The lowest BCUT2D eigenvalue weighted by Crippen LogP contribution is -2.12. The topological polar surface area (TPSA) is 79.4 Å². The number of H-pyrrole nitrogens is 1. The van der Waals surface area contributed by atoms with Crippen molar-refractivity contribution < 1.29 is 14.6 Å². The predicted molar refractivity (Wildman–Crippen MR) is 87.6 cm³/mol. The summed E-state index contributed by atoms with van der Waals surface area (Å²) < 4.78 is 5.02. The first-order valence-electron chi connectivity index (χ1n) is 7.24. The molecule has 0 unspecified atom stereocenters. The van der Waals surface area contributed by atoms with E-state index in [0.29, 0.717) is 11.1 Å². The van der Waals surface area contributed by atoms with Crippen LogP contribution in [-0.4, -0.2) is 22.7 Å². The molecule has 0 aliphatic rings. The zero-order chi connectivity index (χ0) is 16.4. The summed E-state index contributed by atoms with van der Waals surface area (Å²) in [5.41, 5.74) is 0.900. The maximum absolute atomic E-state index is 12.3. The molecule has 23 heavy (non-hydrogen) atoms. The monoisotopic (exact) mass is 309 g/mol. The molecule has 0 bridgehead atoms. The third-order valence-electron chi connectivity index (χ3n) is 3.57. The van der Waals surface area contributed by atoms with Gasteiger partial charge >= 0.3 is 5.97 Å². The third-order valence-corrected chi connectivity index (χ3v) is 3.57. The number of aromatic amines is 1. The number of aromatic nitrogens is 1. The van der Waals surface area contributed by atoms with E-state index in [9.17, 15) is 14.7 Å². The van der Waals surface area contributed by atoms with E-state index in [-0.39, 0.29) is 28.9 Å². The summed E-state index contributed by atoms with van der Waals surface area (Å²) in [7, 11) is 0. The van der Waals surface area contributed by atoms with Crippen LogP contribution in [0.25, 0.3) is 22.0 Å². The highest BCUT2D eigenvalue weighted by molar-refractivity contribution is 6.07. The fourth-order valence-corrected chi connectivity index (χ4v) is 2.58. The molecule has 0 saturated carbocycles. The van der Waals surface area contributed by atoms with E-state index < -0.39 is 11.5 Å². The van der Waals surface area contributed by atoms with Gasteiger partial charge < -0.3 is 14.8 Å². The summed E-state index contributed by atoms with van der Waals surface area (Å²) in [5.74, 6) is -0.766. The first kappa shape index (κ1) is 14.8. The Morgan fingerprint density at radius 3 is 2.57 bits per heavy atom. The third kappa shape index (κ3) is 2.57. The first-order valence-corrected chi connectivity index (χ1v) is 7.24. The molecule has 5 heteroatoms. The second-order valence-electron chi connectivity index (χ2n) is 4.99. The molecule has 3 aromatic rings. The van der Waals surface area contributed by atoms with E-state index in [1.54, 1.807) is 49.4 Å². The summed E-state index contributed by atoms with van der Waals surface area (Å²) in [6.45, 7) is 1.94. The maximum atomic E-state index is 12.3. The molecule has 0 aliphatic carbocycles. The van der Waals surface area contributed by atoms with Gasteiger partial charge in [-0.3, -0.25) is 4.79 Å². The van der Waals surface area contributed by atoms with Gasteiger partial charge in [0.25, 0.3) is 5.56 Å². The molecule has 0 spiro atoms. The smallest absolute Gasteiger partial charge is 0.338 e. The summed E-state index contributed by atoms with van der Waals surface area (Å²) >= 11 is 0. The minimum Gasteiger partial charge on any atom is -0.506 e. The zero-order valence-corrected chi connectivity index (χ0v) is 12.5. The highest BCUT2D eigenvalue weighted by atomic mass is 16.5. The van der Waals surface area contributed by atoms with Crippen molar-refractivity contribution >= 4 is 16.9 Å². The van der Waals surface area contributed by atoms with Gasteiger partial charge in [-0.15, -0.1) is 0 Å². The summed E-state index contributed by atoms with van der Waals surface area (Å²) in [6, 6.07) is 13.6. The Morgan fingerprint density at radius 2 is 1.87 bits per heavy atom. The molecular formula is C18H15NO4. The molecule has 3 rings (SSSR count). The van der Waals surface area contributed by atoms with E-state index in [1.165, 1.54) is 0 Å². The van der Waals surface area contributed by atoms with Gasteiger partial charge in [-0.25, -0.2) is 4.79 Å². The first-order chi connectivity index (χ1) is 11.1. The van der Waals surface area contributed by atoms with Crippen molar-refractivity contribution in [3.8, 4) is 16.9 Å². The van der Waals surface area contributed by atoms with Gasteiger partial charge in [-0.1, -0.05) is 36.4 Å². The van der Waals surface area contributed by atoms with Gasteiger partial charge in [0.1, 0.15) is 5.75 Å². The highest BCUT2D eigenvalue weighted by Gasteiger charge is 2.19. The average Bonchev–Trinajstić information content (AvgIpc) is 2.55. The van der Waals surface area contributed by atoms with Gasteiger partial charge in [0.15, 0.2) is 0 Å². The molecule has 0 atom stereocenters. The van der Waals surface area contributed by atoms with Crippen molar-refractivity contribution in [2.75, 3.05) is 6.61 Å². The number of hydrogen-bond acceptors (Lipinski definition) is 4. The lowest BCUT2D eigenvalue weighted by Gasteiger charge is -2.11. The molecule has 0 amide bonds. The van der Waals surface area contributed by atoms with Crippen LogP contribution in [0.3, 0.4) is 0 Å². The molecular weight excluding hydrogens is 294 g/mol. The Labute approximate surface area is 132 Å². The number of ether oxygens (including phenoxy) is 1. The molecule has 0 aliphatic heterocycles. The van der Waals surface area contributed by atoms with Crippen LogP contribution in [0.2, 0.25) is 0 Å². The number of benzene rings is 2. The number of nitrogens with one attached hydrogen (secondary N) is 1. The molecule has 0 radical (unpaired) electrons. The van der Waals surface area contributed by atoms with Gasteiger partial charge in [0.05, 0.1) is 28.6 Å². The van der Waals surface area contributed by atoms with Crippen molar-refractivity contribution in [3.63, 3.8) is 0 Å². The number of rotatable bonds is 3. The molecule has 0 fully saturated rings. The molecule has 116 valence electrons. The van der Waals surface area contributed by atoms with Crippen molar-refractivity contribution in [1.82, 2.24) is 4.98 Å². The van der Waals surface area contributed by atoms with Gasteiger partial charge in [0.2, 0.25) is 0 Å². The number of carbonyl (C=O) groups is 1. The number of pyridine rings is 1. The van der Waals surface area contributed by atoms with E-state index >= 15 is 0 Å². The van der Waals surface area contributed by atoms with Crippen LogP contribution in [0.15, 0.2) is 53.3 Å². The van der Waals surface area contributed by atoms with Gasteiger partial charge in [-0.05, 0) is 24.6 Å². The van der Waals surface area contributed by atoms with E-state index in [0.717, 1.165) is 0 Å². The highest BCUT2D eigenvalue weighted by Crippen LogP contribution is 2.34. The molecule has 0 saturated heterocycles. The number of esters is 1. The van der Waals surface area contributed by atoms with Crippen LogP contribution in [-0.2, 0) is 4.74 Å². The minimum atomic E-state index is -0.542. The molecule has 1 heterocycles. The van der Waals surface area contributed by atoms with Crippen molar-refractivity contribution in [3.05, 3.63) is 64.4 Å². The Kier molecular flexibility index (Phi) is 3.85. The number of hydrogen-bond donors (Lipinski definition) is 2. The second kappa shape index (κ2) is 5.96. The van der Waals surface area contributed by atoms with E-state index in [1.807, 2.05) is 6.07 Å². The lowest BCUT2D eigenvalue weighted by molar-refractivity contribution is 0.0528. The second-order valence-corrected chi connectivity index (χ2v) is 4.99. The quantitative estimate of drug-likeness (QED) is 0.729. The van der Waals surface area contributed by atoms with Gasteiger partial charge in [-0.2, -0.15) is 0 Å². The molecule has 5 nitrogen and oxygen atoms in total. The minimum absolute atomic E-state index is 0.134. The van der Waals surface area contributed by atoms with Crippen LogP contribution < -0.4 is 5.56 Å². The number of aromatic hydroxyl groups is 1. The summed E-state index contributed by atoms with van der Waals surface area (Å²) in [6.07, 6.45) is 0. The van der Waals surface area contributed by atoms with Crippen LogP contribution in [0.4, 0.5) is 0 Å². The van der Waals surface area contributed by atoms with Crippen molar-refractivity contribution in [2.24, 2.45) is 0 Å². The van der Waals surface area contributed by atoms with Crippen LogP contribution in [0, 0.1) is 0 Å². The number of fused-ring (bicyclic) bond motifs is 1. The standard InChI is InChI=1S/C18H15NO4/c1-2-23-18(22)12-9-6-10-13-15(12)16(20)14(17(21)19-13)11-7-4-3-5-8-11/h3-10H,2H2,1H3,(H2,19,20,21). The lowest BCUT2D eigenvalue weighted by atomic mass is 10.0. The van der Waals surface area contributed by atoms with E-state index in [4.69, 9.17) is 4.74 Å². The maximum Gasteiger partial charge on any atom is 0.338 e. The Morgan fingerprint density at radius 1 is 1.13 bits per heavy atom. The Hall–Kier alpha value is -3.08. The average molecular weight is 309 g/mol. The summed E-state index contributed by atoms with van der Waals surface area (Å²) in [4.78, 5) is 27.2. The van der Waals surface area contributed by atoms with Crippen molar-refractivity contribution in [1.29, 1.82) is 0 Å². The summed E-state index contributed by atoms with van der Waals surface area (Å²) in [5, 5.41) is 10.9. The largest absolute Gasteiger partial charge is 0.506 e. The predicted octanol–water partition coefficient (Wildman–Crippen LogP) is 3.08. The number of carbonyl (C=O) groups excluding carboxylic acids is 1.